The van der Waals surface area contributed by atoms with Gasteiger partial charge in [-0.1, -0.05) is 18.2 Å². The van der Waals surface area contributed by atoms with Gasteiger partial charge in [0.25, 0.3) is 11.5 Å². The lowest BCUT2D eigenvalue weighted by Gasteiger charge is -2.26. The number of pyridine rings is 1. The molecule has 0 radical (unpaired) electrons. The molecule has 0 spiro atoms. The monoisotopic (exact) mass is 392 g/mol. The average Bonchev–Trinajstić information content (AvgIpc) is 2.65. The molecule has 1 aromatic heterocycles. The first-order chi connectivity index (χ1) is 13.1. The number of benzene rings is 2. The van der Waals surface area contributed by atoms with Gasteiger partial charge in [0, 0.05) is 24.2 Å². The summed E-state index contributed by atoms with van der Waals surface area (Å²) in [7, 11) is 1.46. The molecule has 3 aromatic rings. The van der Waals surface area contributed by atoms with Crippen molar-refractivity contribution in [3.05, 3.63) is 81.5 Å². The molecule has 1 atom stereocenters. The van der Waals surface area contributed by atoms with Crippen LogP contribution in [0.2, 0.25) is 0 Å². The van der Waals surface area contributed by atoms with Gasteiger partial charge in [-0.15, -0.1) is 0 Å². The normalized spacial score (nSPS) is 12.8. The Labute approximate surface area is 157 Å². The maximum absolute atomic E-state index is 13.8. The van der Waals surface area contributed by atoms with Crippen molar-refractivity contribution in [3.8, 4) is 0 Å². The lowest BCUT2D eigenvalue weighted by Crippen LogP contribution is -2.30. The van der Waals surface area contributed by atoms with Gasteiger partial charge in [-0.05, 0) is 42.1 Å². The van der Waals surface area contributed by atoms with E-state index in [1.165, 1.54) is 18.1 Å². The molecule has 1 amide bonds. The molecule has 28 heavy (non-hydrogen) atoms. The second-order valence-electron chi connectivity index (χ2n) is 6.40. The van der Waals surface area contributed by atoms with Gasteiger partial charge in [-0.3, -0.25) is 9.59 Å². The number of alkyl halides is 3. The molecular formula is C20H16F4N2O2. The third kappa shape index (κ3) is 3.49. The fraction of sp³-hybridized carbons (Fsp3) is 0.200. The summed E-state index contributed by atoms with van der Waals surface area (Å²) in [4.78, 5) is 28.5. The standard InChI is InChI=1S/C20H16F4N2O2/c1-11(15-10-25-18(27)14-6-4-3-5-13(14)15)26(2)19(28)12-7-8-16(17(21)9-12)20(22,23)24/h3-11H,1-2H3,(H,25,27)/t11-/m1/s1. The van der Waals surface area contributed by atoms with E-state index in [0.29, 0.717) is 28.5 Å². The van der Waals surface area contributed by atoms with E-state index in [1.807, 2.05) is 0 Å². The minimum absolute atomic E-state index is 0.200. The number of carbonyl (C=O) groups excluding carboxylic acids is 1. The van der Waals surface area contributed by atoms with Crippen LogP contribution in [0, 0.1) is 5.82 Å². The Morgan fingerprint density at radius 1 is 1.11 bits per heavy atom. The number of amides is 1. The Balaban J connectivity index is 1.95. The molecule has 0 aliphatic rings. The smallest absolute Gasteiger partial charge is 0.335 e. The summed E-state index contributed by atoms with van der Waals surface area (Å²) in [6, 6.07) is 8.42. The lowest BCUT2D eigenvalue weighted by molar-refractivity contribution is -0.140. The Hall–Kier alpha value is -3.16. The van der Waals surface area contributed by atoms with Crippen LogP contribution in [0.4, 0.5) is 17.6 Å². The summed E-state index contributed by atoms with van der Waals surface area (Å²) in [6.45, 7) is 1.71. The van der Waals surface area contributed by atoms with E-state index in [1.54, 1.807) is 31.2 Å². The minimum Gasteiger partial charge on any atom is -0.335 e. The fourth-order valence-electron chi connectivity index (χ4n) is 3.04. The molecule has 0 saturated carbocycles. The quantitative estimate of drug-likeness (QED) is 0.667. The van der Waals surface area contributed by atoms with Crippen LogP contribution in [0.5, 0.6) is 0 Å². The van der Waals surface area contributed by atoms with Crippen LogP contribution >= 0.6 is 0 Å². The van der Waals surface area contributed by atoms with E-state index in [9.17, 15) is 27.2 Å². The molecule has 146 valence electrons. The highest BCUT2D eigenvalue weighted by molar-refractivity contribution is 5.95. The topological polar surface area (TPSA) is 53.2 Å². The molecule has 0 aliphatic carbocycles. The number of H-pyrrole nitrogens is 1. The molecule has 4 nitrogen and oxygen atoms in total. The van der Waals surface area contributed by atoms with Crippen LogP contribution in [-0.4, -0.2) is 22.8 Å². The molecule has 1 heterocycles. The first kappa shape index (κ1) is 19.6. The molecule has 0 aliphatic heterocycles. The highest BCUT2D eigenvalue weighted by atomic mass is 19.4. The zero-order valence-electron chi connectivity index (χ0n) is 15.0. The number of aromatic nitrogens is 1. The van der Waals surface area contributed by atoms with Crippen molar-refractivity contribution in [2.24, 2.45) is 0 Å². The first-order valence-corrected chi connectivity index (χ1v) is 8.35. The van der Waals surface area contributed by atoms with E-state index < -0.39 is 29.5 Å². The molecule has 0 bridgehead atoms. The van der Waals surface area contributed by atoms with Crippen LogP contribution in [0.3, 0.4) is 0 Å². The van der Waals surface area contributed by atoms with Crippen LogP contribution in [-0.2, 0) is 6.18 Å². The third-order valence-electron chi connectivity index (χ3n) is 4.71. The van der Waals surface area contributed by atoms with Crippen molar-refractivity contribution < 1.29 is 22.4 Å². The third-order valence-corrected chi connectivity index (χ3v) is 4.71. The van der Waals surface area contributed by atoms with Crippen molar-refractivity contribution in [1.82, 2.24) is 9.88 Å². The van der Waals surface area contributed by atoms with Crippen LogP contribution in [0.25, 0.3) is 10.8 Å². The summed E-state index contributed by atoms with van der Waals surface area (Å²) < 4.78 is 51.9. The molecule has 3 rings (SSSR count). The number of hydrogen-bond donors (Lipinski definition) is 1. The summed E-state index contributed by atoms with van der Waals surface area (Å²) in [5.41, 5.74) is -1.25. The Bertz CT molecular complexity index is 1110. The Morgan fingerprint density at radius 3 is 2.36 bits per heavy atom. The van der Waals surface area contributed by atoms with E-state index in [4.69, 9.17) is 0 Å². The molecule has 8 heteroatoms. The molecule has 1 N–H and O–H groups in total. The van der Waals surface area contributed by atoms with Crippen molar-refractivity contribution in [2.75, 3.05) is 7.05 Å². The van der Waals surface area contributed by atoms with Gasteiger partial charge >= 0.3 is 6.18 Å². The number of halogens is 4. The van der Waals surface area contributed by atoms with E-state index in [2.05, 4.69) is 4.98 Å². The number of fused-ring (bicyclic) bond motifs is 1. The lowest BCUT2D eigenvalue weighted by atomic mass is 10.0. The van der Waals surface area contributed by atoms with Gasteiger partial charge in [0.15, 0.2) is 0 Å². The van der Waals surface area contributed by atoms with Crippen LogP contribution in [0.1, 0.15) is 34.5 Å². The fourth-order valence-corrected chi connectivity index (χ4v) is 3.04. The van der Waals surface area contributed by atoms with Crippen molar-refractivity contribution in [2.45, 2.75) is 19.1 Å². The zero-order valence-corrected chi connectivity index (χ0v) is 15.0. The Kier molecular flexibility index (Phi) is 4.97. The predicted molar refractivity (Wildman–Crippen MR) is 96.5 cm³/mol. The molecular weight excluding hydrogens is 376 g/mol. The van der Waals surface area contributed by atoms with Gasteiger partial charge < -0.3 is 9.88 Å². The average molecular weight is 392 g/mol. The van der Waals surface area contributed by atoms with Crippen LogP contribution in [0.15, 0.2) is 53.5 Å². The van der Waals surface area contributed by atoms with Gasteiger partial charge in [0.05, 0.1) is 11.6 Å². The molecule has 0 fully saturated rings. The highest BCUT2D eigenvalue weighted by Gasteiger charge is 2.34. The Morgan fingerprint density at radius 2 is 1.75 bits per heavy atom. The number of nitrogens with one attached hydrogen (secondary N) is 1. The van der Waals surface area contributed by atoms with E-state index >= 15 is 0 Å². The van der Waals surface area contributed by atoms with E-state index in [-0.39, 0.29) is 11.1 Å². The predicted octanol–water partition coefficient (Wildman–Crippen LogP) is 4.52. The van der Waals surface area contributed by atoms with E-state index in [0.717, 1.165) is 6.07 Å². The van der Waals surface area contributed by atoms with Gasteiger partial charge in [-0.2, -0.15) is 13.2 Å². The summed E-state index contributed by atoms with van der Waals surface area (Å²) in [5, 5.41) is 1.10. The highest BCUT2D eigenvalue weighted by Crippen LogP contribution is 2.32. The number of nitrogens with zero attached hydrogens (tertiary/aromatic N) is 1. The molecule has 2 aromatic carbocycles. The molecule has 0 saturated heterocycles. The van der Waals surface area contributed by atoms with Crippen molar-refractivity contribution in [1.29, 1.82) is 0 Å². The minimum atomic E-state index is -4.83. The second kappa shape index (κ2) is 7.10. The maximum Gasteiger partial charge on any atom is 0.419 e. The maximum atomic E-state index is 13.8. The van der Waals surface area contributed by atoms with Gasteiger partial charge in [-0.25, -0.2) is 4.39 Å². The van der Waals surface area contributed by atoms with Crippen molar-refractivity contribution in [3.63, 3.8) is 0 Å². The number of hydrogen-bond acceptors (Lipinski definition) is 2. The van der Waals surface area contributed by atoms with Gasteiger partial charge in [0.1, 0.15) is 5.82 Å². The number of rotatable bonds is 3. The van der Waals surface area contributed by atoms with Crippen LogP contribution < -0.4 is 5.56 Å². The SMILES string of the molecule is C[C@H](c1c[nH]c(=O)c2ccccc12)N(C)C(=O)c1ccc(C(F)(F)F)c(F)c1. The first-order valence-electron chi connectivity index (χ1n) is 8.35. The summed E-state index contributed by atoms with van der Waals surface area (Å²) in [5.74, 6) is -2.15. The zero-order chi connectivity index (χ0) is 20.6. The second-order valence-corrected chi connectivity index (χ2v) is 6.40. The number of aromatic amines is 1. The summed E-state index contributed by atoms with van der Waals surface area (Å²) in [6.07, 6.45) is -3.34. The number of carbonyl (C=O) groups is 1. The van der Waals surface area contributed by atoms with Gasteiger partial charge in [0.2, 0.25) is 0 Å². The largest absolute Gasteiger partial charge is 0.419 e. The summed E-state index contributed by atoms with van der Waals surface area (Å²) >= 11 is 0. The molecule has 0 unspecified atom stereocenters. The van der Waals surface area contributed by atoms with Crippen molar-refractivity contribution >= 4 is 16.7 Å².